The van der Waals surface area contributed by atoms with E-state index >= 15 is 4.39 Å². The average Bonchev–Trinajstić information content (AvgIpc) is 3.44. The van der Waals surface area contributed by atoms with Crippen LogP contribution in [0.25, 0.3) is 0 Å². The second-order valence-corrected chi connectivity index (χ2v) is 10.4. The van der Waals surface area contributed by atoms with Crippen LogP contribution < -0.4 is 29.7 Å². The van der Waals surface area contributed by atoms with Crippen molar-refractivity contribution in [2.75, 3.05) is 32.8 Å². The lowest BCUT2D eigenvalue weighted by molar-refractivity contribution is -0.127. The number of nitrogens with zero attached hydrogens (tertiary/aromatic N) is 1. The Kier molecular flexibility index (Phi) is 9.52. The number of carbonyl (C=O) groups excluding carboxylic acids is 3. The van der Waals surface area contributed by atoms with Crippen molar-refractivity contribution in [3.8, 4) is 17.2 Å². The molecule has 2 N–H and O–H groups in total. The van der Waals surface area contributed by atoms with Crippen LogP contribution in [0.3, 0.4) is 0 Å². The minimum atomic E-state index is -1.37. The average molecular weight is 558 g/mol. The quantitative estimate of drug-likeness (QED) is 0.384. The van der Waals surface area contributed by atoms with Crippen molar-refractivity contribution in [3.05, 3.63) is 70.2 Å². The molecular weight excluding hydrogens is 525 g/mol. The number of methoxy groups -OCH3 is 3. The van der Waals surface area contributed by atoms with Gasteiger partial charge in [0.15, 0.2) is 11.5 Å². The Hall–Kier alpha value is -4.12. The van der Waals surface area contributed by atoms with E-state index in [0.717, 1.165) is 4.90 Å². The van der Waals surface area contributed by atoms with Gasteiger partial charge in [-0.3, -0.25) is 19.3 Å². The van der Waals surface area contributed by atoms with Crippen LogP contribution >= 0.6 is 11.3 Å². The third-order valence-corrected chi connectivity index (χ3v) is 6.40. The highest BCUT2D eigenvalue weighted by Gasteiger charge is 2.37. The Labute approximate surface area is 230 Å². The van der Waals surface area contributed by atoms with E-state index in [1.165, 1.54) is 63.0 Å². The van der Waals surface area contributed by atoms with Gasteiger partial charge < -0.3 is 24.8 Å². The lowest BCUT2D eigenvalue weighted by Gasteiger charge is -2.34. The molecule has 1 aromatic heterocycles. The third kappa shape index (κ3) is 7.05. The largest absolute Gasteiger partial charge is 0.493 e. The van der Waals surface area contributed by atoms with Crippen molar-refractivity contribution in [2.45, 2.75) is 32.4 Å². The van der Waals surface area contributed by atoms with Gasteiger partial charge in [0.05, 0.1) is 38.4 Å². The van der Waals surface area contributed by atoms with Gasteiger partial charge in [0.2, 0.25) is 17.6 Å². The highest BCUT2D eigenvalue weighted by molar-refractivity contribution is 7.12. The molecule has 0 radical (unpaired) electrons. The van der Waals surface area contributed by atoms with E-state index in [1.54, 1.807) is 44.4 Å². The van der Waals surface area contributed by atoms with Gasteiger partial charge in [-0.05, 0) is 62.0 Å². The zero-order valence-corrected chi connectivity index (χ0v) is 23.5. The summed E-state index contributed by atoms with van der Waals surface area (Å²) in [6, 6.07) is 10.6. The molecule has 1 atom stereocenters. The highest BCUT2D eigenvalue weighted by atomic mass is 32.1. The van der Waals surface area contributed by atoms with Gasteiger partial charge in [-0.1, -0.05) is 18.2 Å². The molecule has 9 nitrogen and oxygen atoms in total. The summed E-state index contributed by atoms with van der Waals surface area (Å²) in [6.45, 7) is 4.86. The van der Waals surface area contributed by atoms with Crippen LogP contribution in [-0.4, -0.2) is 51.1 Å². The summed E-state index contributed by atoms with van der Waals surface area (Å²) in [5, 5.41) is 7.18. The fraction of sp³-hybridized carbons (Fsp3) is 0.321. The zero-order valence-electron chi connectivity index (χ0n) is 22.7. The van der Waals surface area contributed by atoms with Gasteiger partial charge in [0, 0.05) is 5.54 Å². The Balaban J connectivity index is 2.18. The number of benzene rings is 2. The summed E-state index contributed by atoms with van der Waals surface area (Å²) in [7, 11) is 4.28. The molecule has 0 fully saturated rings. The van der Waals surface area contributed by atoms with Gasteiger partial charge in [-0.25, -0.2) is 4.39 Å². The predicted molar refractivity (Wildman–Crippen MR) is 147 cm³/mol. The summed E-state index contributed by atoms with van der Waals surface area (Å²) in [5.74, 6) is -1.72. The van der Waals surface area contributed by atoms with E-state index in [4.69, 9.17) is 14.2 Å². The van der Waals surface area contributed by atoms with Crippen LogP contribution in [0.15, 0.2) is 53.9 Å². The normalized spacial score (nSPS) is 11.8. The molecule has 0 aliphatic rings. The SMILES string of the molecule is COc1cc([C@H](C(=O)NC(C)(C)C)N(C(=O)CNC(=O)c2cccs2)c2ccccc2F)cc(OC)c1OC. The molecular formula is C28H32FN3O6S. The third-order valence-electron chi connectivity index (χ3n) is 5.53. The van der Waals surface area contributed by atoms with Crippen LogP contribution in [0, 0.1) is 5.82 Å². The standard InChI is InChI=1S/C28H32FN3O6S/c1-28(2,3)31-27(35)24(17-14-20(36-4)25(38-6)21(15-17)37-5)32(19-11-8-7-10-18(19)29)23(33)16-30-26(34)22-12-9-13-39-22/h7-15,24H,16H2,1-6H3,(H,30,34)(H,31,35)/t24-/m1/s1. The molecule has 0 spiro atoms. The number of para-hydroxylation sites is 1. The van der Waals surface area contributed by atoms with Gasteiger partial charge in [-0.2, -0.15) is 0 Å². The zero-order chi connectivity index (χ0) is 28.7. The summed E-state index contributed by atoms with van der Waals surface area (Å²) in [6.07, 6.45) is 0. The lowest BCUT2D eigenvalue weighted by Crippen LogP contribution is -2.51. The molecule has 3 rings (SSSR count). The summed E-state index contributed by atoms with van der Waals surface area (Å²) in [4.78, 5) is 41.6. The second-order valence-electron chi connectivity index (χ2n) is 9.48. The van der Waals surface area contributed by atoms with E-state index in [9.17, 15) is 14.4 Å². The Morgan fingerprint density at radius 1 is 0.974 bits per heavy atom. The number of anilines is 1. The molecule has 0 unspecified atom stereocenters. The van der Waals surface area contributed by atoms with E-state index in [2.05, 4.69) is 10.6 Å². The van der Waals surface area contributed by atoms with Crippen LogP contribution in [-0.2, 0) is 9.59 Å². The molecule has 0 aliphatic carbocycles. The first-order valence-electron chi connectivity index (χ1n) is 12.0. The molecule has 0 saturated carbocycles. The molecule has 0 bridgehead atoms. The fourth-order valence-electron chi connectivity index (χ4n) is 3.92. The van der Waals surface area contributed by atoms with Crippen molar-refractivity contribution >= 4 is 34.7 Å². The molecule has 208 valence electrons. The number of hydrogen-bond donors (Lipinski definition) is 2. The molecule has 0 saturated heterocycles. The van der Waals surface area contributed by atoms with Crippen LogP contribution in [0.2, 0.25) is 0 Å². The van der Waals surface area contributed by atoms with Crippen molar-refractivity contribution in [2.24, 2.45) is 0 Å². The van der Waals surface area contributed by atoms with Gasteiger partial charge in [-0.15, -0.1) is 11.3 Å². The van der Waals surface area contributed by atoms with Crippen molar-refractivity contribution < 1.29 is 33.0 Å². The van der Waals surface area contributed by atoms with E-state index in [1.807, 2.05) is 0 Å². The molecule has 1 heterocycles. The minimum absolute atomic E-state index is 0.143. The van der Waals surface area contributed by atoms with Gasteiger partial charge in [0.25, 0.3) is 5.91 Å². The van der Waals surface area contributed by atoms with Crippen molar-refractivity contribution in [1.82, 2.24) is 10.6 Å². The topological polar surface area (TPSA) is 106 Å². The molecule has 3 amide bonds. The number of thiophene rings is 1. The molecule has 39 heavy (non-hydrogen) atoms. The molecule has 11 heteroatoms. The van der Waals surface area contributed by atoms with Crippen LogP contribution in [0.1, 0.15) is 42.0 Å². The minimum Gasteiger partial charge on any atom is -0.493 e. The summed E-state index contributed by atoms with van der Waals surface area (Å²) < 4.78 is 31.6. The number of carbonyl (C=O) groups is 3. The maximum absolute atomic E-state index is 15.2. The smallest absolute Gasteiger partial charge is 0.261 e. The predicted octanol–water partition coefficient (Wildman–Crippen LogP) is 4.33. The Bertz CT molecular complexity index is 1300. The van der Waals surface area contributed by atoms with Crippen LogP contribution in [0.5, 0.6) is 17.2 Å². The number of hydrogen-bond acceptors (Lipinski definition) is 7. The number of halogens is 1. The maximum Gasteiger partial charge on any atom is 0.261 e. The number of ether oxygens (including phenoxy) is 3. The van der Waals surface area contributed by atoms with Crippen LogP contribution in [0.4, 0.5) is 10.1 Å². The summed E-state index contributed by atoms with van der Waals surface area (Å²) >= 11 is 1.22. The van der Waals surface area contributed by atoms with E-state index in [-0.39, 0.29) is 28.5 Å². The Morgan fingerprint density at radius 3 is 2.13 bits per heavy atom. The number of nitrogens with one attached hydrogen (secondary N) is 2. The number of rotatable bonds is 10. The maximum atomic E-state index is 15.2. The first-order valence-corrected chi connectivity index (χ1v) is 12.9. The molecule has 2 aromatic carbocycles. The first kappa shape index (κ1) is 29.4. The number of amides is 3. The van der Waals surface area contributed by atoms with E-state index < -0.39 is 41.7 Å². The lowest BCUT2D eigenvalue weighted by atomic mass is 9.99. The molecule has 0 aliphatic heterocycles. The van der Waals surface area contributed by atoms with Crippen molar-refractivity contribution in [1.29, 1.82) is 0 Å². The highest BCUT2D eigenvalue weighted by Crippen LogP contribution is 2.42. The second kappa shape index (κ2) is 12.6. The first-order chi connectivity index (χ1) is 18.5. The monoisotopic (exact) mass is 557 g/mol. The van der Waals surface area contributed by atoms with E-state index in [0.29, 0.717) is 4.88 Å². The summed E-state index contributed by atoms with van der Waals surface area (Å²) in [5.41, 5.74) is -0.559. The van der Waals surface area contributed by atoms with Crippen molar-refractivity contribution in [3.63, 3.8) is 0 Å². The molecule has 3 aromatic rings. The van der Waals surface area contributed by atoms with Gasteiger partial charge >= 0.3 is 0 Å². The fourth-order valence-corrected chi connectivity index (χ4v) is 4.56. The van der Waals surface area contributed by atoms with Gasteiger partial charge in [0.1, 0.15) is 11.9 Å². The Morgan fingerprint density at radius 2 is 1.62 bits per heavy atom.